The standard InChI is InChI=1S/C33H38O3/c1-32(2)19-20-33(3,4)30-21-25(13-18-29(30)32)23-36-28-16-14-26(15-17-28)27(22-31(34)35)12-8-11-24-9-6-5-7-10-24/h5-10,12-18,21,27H,11,19-20,22-23H2,1-4H3,(H,34,35)/t27-/m0/s1. The molecule has 0 saturated carbocycles. The molecule has 188 valence electrons. The van der Waals surface area contributed by atoms with E-state index in [9.17, 15) is 9.90 Å². The number of hydrogen-bond donors (Lipinski definition) is 1. The van der Waals surface area contributed by atoms with E-state index in [2.05, 4.69) is 64.1 Å². The molecule has 0 heterocycles. The number of carboxylic acid groups (broad SMARTS) is 1. The molecule has 0 amide bonds. The van der Waals surface area contributed by atoms with E-state index in [0.29, 0.717) is 6.61 Å². The fraction of sp³-hybridized carbons (Fsp3) is 0.364. The first kappa shape index (κ1) is 25.8. The van der Waals surface area contributed by atoms with E-state index in [4.69, 9.17) is 4.74 Å². The van der Waals surface area contributed by atoms with Gasteiger partial charge in [0.05, 0.1) is 6.42 Å². The molecular weight excluding hydrogens is 444 g/mol. The van der Waals surface area contributed by atoms with Crippen LogP contribution in [0, 0.1) is 0 Å². The van der Waals surface area contributed by atoms with Gasteiger partial charge in [-0.3, -0.25) is 4.79 Å². The van der Waals surface area contributed by atoms with Crippen LogP contribution in [0.1, 0.15) is 80.7 Å². The zero-order valence-electron chi connectivity index (χ0n) is 22.0. The second-order valence-corrected chi connectivity index (χ2v) is 11.3. The largest absolute Gasteiger partial charge is 0.489 e. The highest BCUT2D eigenvalue weighted by atomic mass is 16.5. The molecule has 4 rings (SSSR count). The van der Waals surface area contributed by atoms with Crippen molar-refractivity contribution < 1.29 is 14.6 Å². The van der Waals surface area contributed by atoms with Gasteiger partial charge in [-0.1, -0.05) is 101 Å². The average molecular weight is 483 g/mol. The van der Waals surface area contributed by atoms with Crippen molar-refractivity contribution in [1.82, 2.24) is 0 Å². The molecule has 0 aromatic heterocycles. The Labute approximate surface area is 215 Å². The zero-order chi connectivity index (χ0) is 25.8. The maximum atomic E-state index is 11.5. The van der Waals surface area contributed by atoms with Gasteiger partial charge in [-0.25, -0.2) is 0 Å². The van der Waals surface area contributed by atoms with Crippen molar-refractivity contribution in [2.45, 2.75) is 76.7 Å². The lowest BCUT2D eigenvalue weighted by Crippen LogP contribution is -2.33. The molecule has 0 aliphatic heterocycles. The second kappa shape index (κ2) is 10.7. The van der Waals surface area contributed by atoms with Crippen molar-refractivity contribution in [3.05, 3.63) is 113 Å². The first-order chi connectivity index (χ1) is 17.1. The number of fused-ring (bicyclic) bond motifs is 1. The zero-order valence-corrected chi connectivity index (χ0v) is 22.0. The summed E-state index contributed by atoms with van der Waals surface area (Å²) in [7, 11) is 0. The first-order valence-corrected chi connectivity index (χ1v) is 12.9. The van der Waals surface area contributed by atoms with Gasteiger partial charge in [0.25, 0.3) is 0 Å². The Hall–Kier alpha value is -3.33. The average Bonchev–Trinajstić information content (AvgIpc) is 2.86. The minimum absolute atomic E-state index is 0.0623. The number of carbonyl (C=O) groups is 1. The van der Waals surface area contributed by atoms with Crippen LogP contribution in [0.4, 0.5) is 0 Å². The summed E-state index contributed by atoms with van der Waals surface area (Å²) in [6, 6.07) is 24.8. The smallest absolute Gasteiger partial charge is 0.304 e. The molecule has 3 aromatic carbocycles. The molecule has 3 heteroatoms. The van der Waals surface area contributed by atoms with Crippen LogP contribution in [0.3, 0.4) is 0 Å². The fourth-order valence-corrected chi connectivity index (χ4v) is 5.17. The van der Waals surface area contributed by atoms with Gasteiger partial charge in [0.2, 0.25) is 0 Å². The molecule has 1 aliphatic rings. The lowest BCUT2D eigenvalue weighted by molar-refractivity contribution is -0.137. The Morgan fingerprint density at radius 3 is 2.22 bits per heavy atom. The molecule has 0 unspecified atom stereocenters. The van der Waals surface area contributed by atoms with Crippen molar-refractivity contribution in [3.8, 4) is 5.75 Å². The SMILES string of the molecule is CC1(C)CCC(C)(C)c2cc(COc3ccc([C@@H](C=CCc4ccccc4)CC(=O)O)cc3)ccc21. The minimum atomic E-state index is -0.803. The van der Waals surface area contributed by atoms with Gasteiger partial charge in [-0.05, 0) is 70.0 Å². The Kier molecular flexibility index (Phi) is 7.68. The molecule has 1 N–H and O–H groups in total. The molecule has 3 nitrogen and oxygen atoms in total. The maximum absolute atomic E-state index is 11.5. The molecule has 0 fully saturated rings. The Morgan fingerprint density at radius 2 is 1.56 bits per heavy atom. The third kappa shape index (κ3) is 6.26. The van der Waals surface area contributed by atoms with Gasteiger partial charge >= 0.3 is 5.97 Å². The molecule has 0 spiro atoms. The third-order valence-electron chi connectivity index (χ3n) is 7.59. The monoisotopic (exact) mass is 482 g/mol. The molecule has 3 aromatic rings. The number of allylic oxidation sites excluding steroid dienone is 2. The van der Waals surface area contributed by atoms with Crippen molar-refractivity contribution in [1.29, 1.82) is 0 Å². The highest BCUT2D eigenvalue weighted by Crippen LogP contribution is 2.46. The van der Waals surface area contributed by atoms with Gasteiger partial charge < -0.3 is 9.84 Å². The summed E-state index contributed by atoms with van der Waals surface area (Å²) in [6.07, 6.45) is 7.31. The van der Waals surface area contributed by atoms with Crippen molar-refractivity contribution >= 4 is 5.97 Å². The summed E-state index contributed by atoms with van der Waals surface area (Å²) in [6.45, 7) is 9.87. The van der Waals surface area contributed by atoms with Crippen LogP contribution in [-0.4, -0.2) is 11.1 Å². The van der Waals surface area contributed by atoms with Crippen molar-refractivity contribution in [3.63, 3.8) is 0 Å². The Bertz CT molecular complexity index is 1200. The Balaban J connectivity index is 1.43. The lowest BCUT2D eigenvalue weighted by Gasteiger charge is -2.42. The van der Waals surface area contributed by atoms with E-state index in [1.165, 1.54) is 35.1 Å². The number of hydrogen-bond acceptors (Lipinski definition) is 2. The van der Waals surface area contributed by atoms with Crippen molar-refractivity contribution in [2.24, 2.45) is 0 Å². The summed E-state index contributed by atoms with van der Waals surface area (Å²) >= 11 is 0. The molecule has 36 heavy (non-hydrogen) atoms. The number of carboxylic acids is 1. The van der Waals surface area contributed by atoms with Crippen LogP contribution < -0.4 is 4.74 Å². The van der Waals surface area contributed by atoms with E-state index >= 15 is 0 Å². The molecule has 1 aliphatic carbocycles. The molecule has 0 saturated heterocycles. The highest BCUT2D eigenvalue weighted by Gasteiger charge is 2.36. The lowest BCUT2D eigenvalue weighted by atomic mass is 9.63. The van der Waals surface area contributed by atoms with Crippen LogP contribution in [0.2, 0.25) is 0 Å². The number of benzene rings is 3. The minimum Gasteiger partial charge on any atom is -0.489 e. The van der Waals surface area contributed by atoms with E-state index in [1.807, 2.05) is 48.5 Å². The van der Waals surface area contributed by atoms with Crippen LogP contribution in [0.25, 0.3) is 0 Å². The topological polar surface area (TPSA) is 46.5 Å². The van der Waals surface area contributed by atoms with Crippen molar-refractivity contribution in [2.75, 3.05) is 0 Å². The fourth-order valence-electron chi connectivity index (χ4n) is 5.17. The second-order valence-electron chi connectivity index (χ2n) is 11.3. The van der Waals surface area contributed by atoms with E-state index < -0.39 is 5.97 Å². The summed E-state index contributed by atoms with van der Waals surface area (Å²) in [4.78, 5) is 11.5. The highest BCUT2D eigenvalue weighted by molar-refractivity contribution is 5.68. The summed E-state index contributed by atoms with van der Waals surface area (Å²) in [5, 5.41) is 9.42. The normalized spacial score (nSPS) is 16.9. The summed E-state index contributed by atoms with van der Waals surface area (Å²) < 4.78 is 6.12. The van der Waals surface area contributed by atoms with Crippen LogP contribution in [-0.2, 0) is 28.7 Å². The third-order valence-corrected chi connectivity index (χ3v) is 7.59. The van der Waals surface area contributed by atoms with E-state index in [1.54, 1.807) is 0 Å². The van der Waals surface area contributed by atoms with Crippen LogP contribution in [0.15, 0.2) is 84.9 Å². The molecular formula is C33H38O3. The van der Waals surface area contributed by atoms with Crippen LogP contribution >= 0.6 is 0 Å². The molecule has 0 radical (unpaired) electrons. The predicted molar refractivity (Wildman–Crippen MR) is 147 cm³/mol. The summed E-state index contributed by atoms with van der Waals surface area (Å²) in [5.74, 6) is -0.187. The molecule has 1 atom stereocenters. The van der Waals surface area contributed by atoms with E-state index in [-0.39, 0.29) is 23.2 Å². The maximum Gasteiger partial charge on any atom is 0.304 e. The molecule has 0 bridgehead atoms. The van der Waals surface area contributed by atoms with E-state index in [0.717, 1.165) is 17.7 Å². The first-order valence-electron chi connectivity index (χ1n) is 12.9. The van der Waals surface area contributed by atoms with Gasteiger partial charge in [0.15, 0.2) is 0 Å². The van der Waals surface area contributed by atoms with Crippen LogP contribution in [0.5, 0.6) is 5.75 Å². The predicted octanol–water partition coefficient (Wildman–Crippen LogP) is 7.97. The number of aliphatic carboxylic acids is 1. The van der Waals surface area contributed by atoms with Gasteiger partial charge in [0.1, 0.15) is 12.4 Å². The Morgan fingerprint density at radius 1 is 0.889 bits per heavy atom. The quantitative estimate of drug-likeness (QED) is 0.315. The number of rotatable bonds is 9. The number of ether oxygens (including phenoxy) is 1. The van der Waals surface area contributed by atoms with Gasteiger partial charge in [0, 0.05) is 5.92 Å². The van der Waals surface area contributed by atoms with Gasteiger partial charge in [-0.2, -0.15) is 0 Å². The van der Waals surface area contributed by atoms with Gasteiger partial charge in [-0.15, -0.1) is 0 Å². The summed E-state index contributed by atoms with van der Waals surface area (Å²) in [5.41, 5.74) is 6.65.